The first-order valence-corrected chi connectivity index (χ1v) is 11.4. The van der Waals surface area contributed by atoms with Crippen LogP contribution in [0, 0.1) is 17.5 Å². The van der Waals surface area contributed by atoms with Crippen LogP contribution < -0.4 is 10.0 Å². The van der Waals surface area contributed by atoms with Crippen molar-refractivity contribution in [3.8, 4) is 0 Å². The largest absolute Gasteiger partial charge is 0.381 e. The first-order chi connectivity index (χ1) is 14.5. The van der Waals surface area contributed by atoms with Crippen LogP contribution >= 0.6 is 34.9 Å². The van der Waals surface area contributed by atoms with Crippen molar-refractivity contribution < 1.29 is 13.2 Å². The molecule has 1 aliphatic heterocycles. The van der Waals surface area contributed by atoms with Crippen LogP contribution in [0.1, 0.15) is 17.5 Å². The van der Waals surface area contributed by atoms with Gasteiger partial charge in [0.2, 0.25) is 0 Å². The van der Waals surface area contributed by atoms with E-state index in [1.807, 2.05) is 0 Å². The van der Waals surface area contributed by atoms with E-state index in [1.165, 1.54) is 35.6 Å². The normalized spacial score (nSPS) is 13.9. The molecule has 0 unspecified atom stereocenters. The standard InChI is InChI=1S/C20H18ClF3N4S2/c21-15-2-3-16(22)14(9-28-4-1-5-28)13(15)8-25-12-6-17(23)20(18(24)7-12)30-27-19-10-29-11-26-19/h2-3,6-7,10-11,25,27H,1,4-5,8-9H2. The van der Waals surface area contributed by atoms with Crippen LogP contribution in [0.15, 0.2) is 40.1 Å². The number of anilines is 2. The minimum Gasteiger partial charge on any atom is -0.381 e. The summed E-state index contributed by atoms with van der Waals surface area (Å²) in [5, 5.41) is 5.12. The second-order valence-corrected chi connectivity index (χ2v) is 8.76. The molecule has 0 bridgehead atoms. The van der Waals surface area contributed by atoms with Crippen LogP contribution in [0.3, 0.4) is 0 Å². The number of likely N-dealkylation sites (tertiary alicyclic amines) is 1. The monoisotopic (exact) mass is 470 g/mol. The predicted molar refractivity (Wildman–Crippen MR) is 117 cm³/mol. The molecule has 0 amide bonds. The summed E-state index contributed by atoms with van der Waals surface area (Å²) < 4.78 is 46.1. The highest BCUT2D eigenvalue weighted by Crippen LogP contribution is 2.31. The van der Waals surface area contributed by atoms with E-state index in [4.69, 9.17) is 11.6 Å². The Bertz CT molecular complexity index is 1010. The highest BCUT2D eigenvalue weighted by molar-refractivity contribution is 8.00. The van der Waals surface area contributed by atoms with E-state index in [0.29, 0.717) is 28.5 Å². The number of benzene rings is 2. The Morgan fingerprint density at radius 1 is 1.10 bits per heavy atom. The number of aromatic nitrogens is 1. The molecule has 0 aliphatic carbocycles. The van der Waals surface area contributed by atoms with Crippen molar-refractivity contribution in [2.75, 3.05) is 23.1 Å². The lowest BCUT2D eigenvalue weighted by molar-refractivity contribution is 0.170. The van der Waals surface area contributed by atoms with E-state index in [-0.39, 0.29) is 22.9 Å². The summed E-state index contributed by atoms with van der Waals surface area (Å²) >= 11 is 8.49. The average molecular weight is 471 g/mol. The van der Waals surface area contributed by atoms with E-state index in [9.17, 15) is 13.2 Å². The van der Waals surface area contributed by atoms with Crippen LogP contribution in [0.4, 0.5) is 24.7 Å². The van der Waals surface area contributed by atoms with Gasteiger partial charge in [0.25, 0.3) is 0 Å². The second kappa shape index (κ2) is 9.47. The van der Waals surface area contributed by atoms with Gasteiger partial charge in [-0.25, -0.2) is 18.2 Å². The molecule has 0 spiro atoms. The number of nitrogens with one attached hydrogen (secondary N) is 2. The molecule has 0 saturated carbocycles. The maximum Gasteiger partial charge on any atom is 0.147 e. The van der Waals surface area contributed by atoms with Gasteiger partial charge >= 0.3 is 0 Å². The molecule has 0 radical (unpaired) electrons. The van der Waals surface area contributed by atoms with Gasteiger partial charge in [-0.05, 0) is 61.3 Å². The lowest BCUT2D eigenvalue weighted by atomic mass is 10.0. The van der Waals surface area contributed by atoms with E-state index < -0.39 is 11.6 Å². The third kappa shape index (κ3) is 4.85. The lowest BCUT2D eigenvalue weighted by Crippen LogP contribution is -2.37. The summed E-state index contributed by atoms with van der Waals surface area (Å²) in [5.74, 6) is -1.23. The third-order valence-electron chi connectivity index (χ3n) is 4.80. The number of thiazole rings is 1. The summed E-state index contributed by atoms with van der Waals surface area (Å²) in [7, 11) is 0. The molecule has 0 atom stereocenters. The Hall–Kier alpha value is -1.94. The summed E-state index contributed by atoms with van der Waals surface area (Å²) in [6, 6.07) is 5.26. The molecular weight excluding hydrogens is 453 g/mol. The van der Waals surface area contributed by atoms with Crippen molar-refractivity contribution >= 4 is 46.4 Å². The van der Waals surface area contributed by atoms with E-state index in [1.54, 1.807) is 10.9 Å². The van der Waals surface area contributed by atoms with Crippen molar-refractivity contribution in [1.82, 2.24) is 9.88 Å². The zero-order chi connectivity index (χ0) is 21.1. The Morgan fingerprint density at radius 2 is 1.87 bits per heavy atom. The second-order valence-electron chi connectivity index (χ2n) is 6.82. The molecule has 1 aliphatic rings. The molecule has 10 heteroatoms. The smallest absolute Gasteiger partial charge is 0.147 e. The van der Waals surface area contributed by atoms with Gasteiger partial charge in [0.05, 0.1) is 5.51 Å². The molecule has 30 heavy (non-hydrogen) atoms. The highest BCUT2D eigenvalue weighted by atomic mass is 35.5. The zero-order valence-electron chi connectivity index (χ0n) is 15.7. The fraction of sp³-hybridized carbons (Fsp3) is 0.250. The summed E-state index contributed by atoms with van der Waals surface area (Å²) in [4.78, 5) is 5.98. The van der Waals surface area contributed by atoms with E-state index in [2.05, 4.69) is 19.9 Å². The van der Waals surface area contributed by atoms with Crippen LogP contribution in [-0.2, 0) is 13.1 Å². The Balaban J connectivity index is 1.48. The van der Waals surface area contributed by atoms with Gasteiger partial charge in [-0.3, -0.25) is 4.90 Å². The fourth-order valence-electron chi connectivity index (χ4n) is 3.08. The van der Waals surface area contributed by atoms with Gasteiger partial charge in [-0.2, -0.15) is 0 Å². The maximum atomic E-state index is 14.5. The first kappa shape index (κ1) is 21.3. The molecule has 3 aromatic rings. The van der Waals surface area contributed by atoms with Gasteiger partial charge in [-0.1, -0.05) is 11.6 Å². The molecular formula is C20H18ClF3N4S2. The Labute approximate surface area is 185 Å². The van der Waals surface area contributed by atoms with Crippen molar-refractivity contribution in [1.29, 1.82) is 0 Å². The fourth-order valence-corrected chi connectivity index (χ4v) is 4.51. The van der Waals surface area contributed by atoms with Crippen LogP contribution in [0.2, 0.25) is 5.02 Å². The van der Waals surface area contributed by atoms with Crippen LogP contribution in [-0.4, -0.2) is 23.0 Å². The quantitative estimate of drug-likeness (QED) is 0.386. The minimum atomic E-state index is -0.712. The summed E-state index contributed by atoms with van der Waals surface area (Å²) in [6.45, 7) is 2.46. The van der Waals surface area contributed by atoms with Crippen molar-refractivity contribution in [2.24, 2.45) is 0 Å². The van der Waals surface area contributed by atoms with Gasteiger partial charge in [0.1, 0.15) is 28.2 Å². The molecule has 1 saturated heterocycles. The van der Waals surface area contributed by atoms with Gasteiger partial charge in [0.15, 0.2) is 0 Å². The highest BCUT2D eigenvalue weighted by Gasteiger charge is 2.20. The van der Waals surface area contributed by atoms with Gasteiger partial charge < -0.3 is 10.0 Å². The number of hydrogen-bond donors (Lipinski definition) is 2. The molecule has 158 valence electrons. The maximum absolute atomic E-state index is 14.5. The number of rotatable bonds is 8. The molecule has 2 heterocycles. The summed E-state index contributed by atoms with van der Waals surface area (Å²) in [5.41, 5.74) is 2.97. The number of hydrogen-bond acceptors (Lipinski definition) is 6. The van der Waals surface area contributed by atoms with Crippen molar-refractivity contribution in [2.45, 2.75) is 24.4 Å². The Morgan fingerprint density at radius 3 is 2.50 bits per heavy atom. The van der Waals surface area contributed by atoms with Crippen LogP contribution in [0.25, 0.3) is 0 Å². The SMILES string of the molecule is Fc1ccc(Cl)c(CNc2cc(F)c(SNc3cscn3)c(F)c2)c1CN1CCC1. The molecule has 1 aromatic heterocycles. The number of nitrogens with zero attached hydrogens (tertiary/aromatic N) is 2. The molecule has 4 rings (SSSR count). The molecule has 1 fully saturated rings. The topological polar surface area (TPSA) is 40.2 Å². The summed E-state index contributed by atoms with van der Waals surface area (Å²) in [6.07, 6.45) is 1.09. The van der Waals surface area contributed by atoms with Gasteiger partial charge in [0, 0.05) is 34.7 Å². The first-order valence-electron chi connectivity index (χ1n) is 9.23. The molecule has 2 aromatic carbocycles. The third-order valence-corrected chi connectivity index (χ3v) is 6.65. The number of halogens is 4. The minimum absolute atomic E-state index is 0.155. The zero-order valence-corrected chi connectivity index (χ0v) is 18.1. The van der Waals surface area contributed by atoms with Crippen molar-refractivity contribution in [3.63, 3.8) is 0 Å². The Kier molecular flexibility index (Phi) is 6.72. The van der Waals surface area contributed by atoms with E-state index >= 15 is 0 Å². The molecule has 2 N–H and O–H groups in total. The van der Waals surface area contributed by atoms with Crippen LogP contribution in [0.5, 0.6) is 0 Å². The van der Waals surface area contributed by atoms with E-state index in [0.717, 1.165) is 31.5 Å². The predicted octanol–water partition coefficient (Wildman–Crippen LogP) is 6.15. The average Bonchev–Trinajstić information content (AvgIpc) is 3.19. The van der Waals surface area contributed by atoms with Gasteiger partial charge in [-0.15, -0.1) is 11.3 Å². The van der Waals surface area contributed by atoms with Crippen molar-refractivity contribution in [3.05, 3.63) is 68.8 Å². The molecule has 4 nitrogen and oxygen atoms in total. The lowest BCUT2D eigenvalue weighted by Gasteiger charge is -2.31.